The van der Waals surface area contributed by atoms with Crippen LogP contribution in [0.25, 0.3) is 0 Å². The Morgan fingerprint density at radius 1 is 1.57 bits per heavy atom. The van der Waals surface area contributed by atoms with Crippen LogP contribution in [0.15, 0.2) is 24.4 Å². The number of aromatic nitrogens is 1. The zero-order valence-electron chi connectivity index (χ0n) is 8.10. The van der Waals surface area contributed by atoms with E-state index in [0.717, 1.165) is 25.3 Å². The maximum Gasteiger partial charge on any atom is 0.0895 e. The fraction of sp³-hybridized carbons (Fsp3) is 0.500. The summed E-state index contributed by atoms with van der Waals surface area (Å²) in [6, 6.07) is 5.96. The quantitative estimate of drug-likeness (QED) is 0.768. The van der Waals surface area contributed by atoms with Crippen molar-refractivity contribution in [2.24, 2.45) is 5.73 Å². The molecule has 1 aromatic heterocycles. The Balaban J connectivity index is 2.12. The average molecular weight is 193 g/mol. The van der Waals surface area contributed by atoms with Crippen LogP contribution in [-0.4, -0.2) is 29.7 Å². The second-order valence-corrected chi connectivity index (χ2v) is 3.33. The standard InChI is InChI=1S/C10H15N3O/c11-8-10(13-6-3-7-14-13)9-4-1-2-5-12-9/h1-2,4-5,10H,3,6-8,11H2. The van der Waals surface area contributed by atoms with Gasteiger partial charge in [0.05, 0.1) is 18.3 Å². The largest absolute Gasteiger partial charge is 0.328 e. The van der Waals surface area contributed by atoms with Gasteiger partial charge in [-0.15, -0.1) is 0 Å². The van der Waals surface area contributed by atoms with Crippen molar-refractivity contribution in [1.29, 1.82) is 0 Å². The minimum absolute atomic E-state index is 0.0960. The van der Waals surface area contributed by atoms with E-state index in [1.807, 2.05) is 23.3 Å². The maximum atomic E-state index is 5.72. The molecule has 76 valence electrons. The molecule has 1 aromatic rings. The fourth-order valence-corrected chi connectivity index (χ4v) is 1.67. The fourth-order valence-electron chi connectivity index (χ4n) is 1.67. The summed E-state index contributed by atoms with van der Waals surface area (Å²) in [4.78, 5) is 9.77. The van der Waals surface area contributed by atoms with Gasteiger partial charge in [0.15, 0.2) is 0 Å². The lowest BCUT2D eigenvalue weighted by Gasteiger charge is -2.23. The third-order valence-electron chi connectivity index (χ3n) is 2.38. The summed E-state index contributed by atoms with van der Waals surface area (Å²) in [5, 5.41) is 1.93. The van der Waals surface area contributed by atoms with Crippen molar-refractivity contribution in [3.63, 3.8) is 0 Å². The number of hydroxylamine groups is 2. The van der Waals surface area contributed by atoms with Gasteiger partial charge in [-0.05, 0) is 18.6 Å². The zero-order chi connectivity index (χ0) is 9.80. The third-order valence-corrected chi connectivity index (χ3v) is 2.38. The molecule has 4 heteroatoms. The van der Waals surface area contributed by atoms with Gasteiger partial charge in [-0.1, -0.05) is 6.07 Å². The van der Waals surface area contributed by atoms with Crippen LogP contribution >= 0.6 is 0 Å². The summed E-state index contributed by atoms with van der Waals surface area (Å²) in [5.74, 6) is 0. The molecule has 0 saturated carbocycles. The molecule has 0 aromatic carbocycles. The number of nitrogens with two attached hydrogens (primary N) is 1. The third kappa shape index (κ3) is 1.92. The van der Waals surface area contributed by atoms with Gasteiger partial charge in [0.25, 0.3) is 0 Å². The van der Waals surface area contributed by atoms with Gasteiger partial charge in [0.2, 0.25) is 0 Å². The van der Waals surface area contributed by atoms with Gasteiger partial charge in [0.1, 0.15) is 0 Å². The number of hydrogen-bond acceptors (Lipinski definition) is 4. The van der Waals surface area contributed by atoms with E-state index in [1.54, 1.807) is 6.20 Å². The highest BCUT2D eigenvalue weighted by Crippen LogP contribution is 2.21. The van der Waals surface area contributed by atoms with E-state index in [0.29, 0.717) is 6.54 Å². The molecule has 2 N–H and O–H groups in total. The van der Waals surface area contributed by atoms with Crippen LogP contribution in [0.3, 0.4) is 0 Å². The summed E-state index contributed by atoms with van der Waals surface area (Å²) in [7, 11) is 0. The summed E-state index contributed by atoms with van der Waals surface area (Å²) >= 11 is 0. The van der Waals surface area contributed by atoms with E-state index < -0.39 is 0 Å². The van der Waals surface area contributed by atoms with Crippen molar-refractivity contribution >= 4 is 0 Å². The number of pyridine rings is 1. The Bertz CT molecular complexity index is 272. The summed E-state index contributed by atoms with van der Waals surface area (Å²) in [6.45, 7) is 2.28. The molecule has 0 amide bonds. The van der Waals surface area contributed by atoms with Crippen molar-refractivity contribution in [2.75, 3.05) is 19.7 Å². The zero-order valence-corrected chi connectivity index (χ0v) is 8.10. The molecule has 0 spiro atoms. The van der Waals surface area contributed by atoms with Crippen LogP contribution in [-0.2, 0) is 4.84 Å². The Morgan fingerprint density at radius 2 is 2.50 bits per heavy atom. The van der Waals surface area contributed by atoms with Crippen LogP contribution in [0.5, 0.6) is 0 Å². The molecule has 0 bridgehead atoms. The lowest BCUT2D eigenvalue weighted by molar-refractivity contribution is -0.141. The van der Waals surface area contributed by atoms with E-state index in [-0.39, 0.29) is 6.04 Å². The van der Waals surface area contributed by atoms with Crippen LogP contribution in [0.2, 0.25) is 0 Å². The summed E-state index contributed by atoms with van der Waals surface area (Å²) < 4.78 is 0. The molecule has 1 aliphatic heterocycles. The maximum absolute atomic E-state index is 5.72. The van der Waals surface area contributed by atoms with Crippen LogP contribution < -0.4 is 5.73 Å². The molecule has 1 atom stereocenters. The highest BCUT2D eigenvalue weighted by molar-refractivity contribution is 5.08. The molecule has 14 heavy (non-hydrogen) atoms. The number of rotatable bonds is 3. The van der Waals surface area contributed by atoms with Gasteiger partial charge >= 0.3 is 0 Å². The van der Waals surface area contributed by atoms with Crippen LogP contribution in [0, 0.1) is 0 Å². The molecule has 2 rings (SSSR count). The number of hydrogen-bond donors (Lipinski definition) is 1. The van der Waals surface area contributed by atoms with Gasteiger partial charge < -0.3 is 5.73 Å². The Hall–Kier alpha value is -0.970. The van der Waals surface area contributed by atoms with E-state index in [1.165, 1.54) is 0 Å². The van der Waals surface area contributed by atoms with Crippen molar-refractivity contribution in [3.8, 4) is 0 Å². The molecule has 0 aliphatic carbocycles. The van der Waals surface area contributed by atoms with Gasteiger partial charge in [0, 0.05) is 19.3 Å². The Kier molecular flexibility index (Phi) is 3.08. The highest BCUT2D eigenvalue weighted by atomic mass is 16.7. The van der Waals surface area contributed by atoms with Crippen LogP contribution in [0.1, 0.15) is 18.2 Å². The van der Waals surface area contributed by atoms with Gasteiger partial charge in [-0.3, -0.25) is 9.82 Å². The molecule has 1 unspecified atom stereocenters. The van der Waals surface area contributed by atoms with E-state index in [9.17, 15) is 0 Å². The van der Waals surface area contributed by atoms with Crippen molar-refractivity contribution in [1.82, 2.24) is 10.0 Å². The molecule has 1 saturated heterocycles. The molecular formula is C10H15N3O. The smallest absolute Gasteiger partial charge is 0.0895 e. The lowest BCUT2D eigenvalue weighted by atomic mass is 10.2. The SMILES string of the molecule is NCC(c1ccccn1)N1CCCO1. The minimum Gasteiger partial charge on any atom is -0.328 e. The van der Waals surface area contributed by atoms with E-state index >= 15 is 0 Å². The number of nitrogens with zero attached hydrogens (tertiary/aromatic N) is 2. The van der Waals surface area contributed by atoms with Gasteiger partial charge in [-0.2, -0.15) is 5.06 Å². The van der Waals surface area contributed by atoms with Crippen molar-refractivity contribution < 1.29 is 4.84 Å². The van der Waals surface area contributed by atoms with E-state index in [2.05, 4.69) is 4.98 Å². The van der Waals surface area contributed by atoms with Gasteiger partial charge in [-0.25, -0.2) is 0 Å². The molecule has 1 aliphatic rings. The van der Waals surface area contributed by atoms with Crippen molar-refractivity contribution in [3.05, 3.63) is 30.1 Å². The first kappa shape index (κ1) is 9.58. The first-order chi connectivity index (χ1) is 6.92. The molecule has 2 heterocycles. The highest BCUT2D eigenvalue weighted by Gasteiger charge is 2.23. The molecule has 0 radical (unpaired) electrons. The monoisotopic (exact) mass is 193 g/mol. The molecule has 4 nitrogen and oxygen atoms in total. The first-order valence-corrected chi connectivity index (χ1v) is 4.92. The second-order valence-electron chi connectivity index (χ2n) is 3.33. The first-order valence-electron chi connectivity index (χ1n) is 4.92. The normalized spacial score (nSPS) is 19.8. The predicted octanol–water partition coefficient (Wildman–Crippen LogP) is 0.719. The lowest BCUT2D eigenvalue weighted by Crippen LogP contribution is -2.31. The van der Waals surface area contributed by atoms with Crippen LogP contribution in [0.4, 0.5) is 0 Å². The average Bonchev–Trinajstić information content (AvgIpc) is 2.74. The Labute approximate surface area is 83.6 Å². The minimum atomic E-state index is 0.0960. The second kappa shape index (κ2) is 4.50. The topological polar surface area (TPSA) is 51.4 Å². The summed E-state index contributed by atoms with van der Waals surface area (Å²) in [5.41, 5.74) is 6.71. The van der Waals surface area contributed by atoms with E-state index in [4.69, 9.17) is 10.6 Å². The summed E-state index contributed by atoms with van der Waals surface area (Å²) in [6.07, 6.45) is 2.86. The Morgan fingerprint density at radius 3 is 3.07 bits per heavy atom. The molecular weight excluding hydrogens is 178 g/mol. The predicted molar refractivity (Wildman–Crippen MR) is 53.3 cm³/mol. The molecule has 1 fully saturated rings. The van der Waals surface area contributed by atoms with Crippen molar-refractivity contribution in [2.45, 2.75) is 12.5 Å².